The summed E-state index contributed by atoms with van der Waals surface area (Å²) in [7, 11) is 0. The van der Waals surface area contributed by atoms with E-state index in [0.29, 0.717) is 17.9 Å². The van der Waals surface area contributed by atoms with Crippen molar-refractivity contribution in [3.63, 3.8) is 0 Å². The molecular formula is C15H21N3O. The maximum Gasteiger partial charge on any atom is 0.244 e. The molecule has 0 radical (unpaired) electrons. The summed E-state index contributed by atoms with van der Waals surface area (Å²) in [6, 6.07) is -0.503. The Hall–Kier alpha value is -2.23. The molecular weight excluding hydrogens is 238 g/mol. The Morgan fingerprint density at radius 3 is 2.79 bits per heavy atom. The quantitative estimate of drug-likeness (QED) is 0.579. The molecule has 4 N–H and O–H groups in total. The Balaban J connectivity index is 2.59. The number of primary amides is 1. The molecule has 0 spiro atoms. The molecule has 0 aromatic carbocycles. The predicted octanol–water partition coefficient (Wildman–Crippen LogP) is 1.51. The summed E-state index contributed by atoms with van der Waals surface area (Å²) in [5.41, 5.74) is 7.81. The zero-order valence-electron chi connectivity index (χ0n) is 11.1. The van der Waals surface area contributed by atoms with E-state index in [-0.39, 0.29) is 0 Å². The monoisotopic (exact) mass is 259 g/mol. The Morgan fingerprint density at radius 1 is 1.53 bits per heavy atom. The van der Waals surface area contributed by atoms with Crippen molar-refractivity contribution in [2.75, 3.05) is 6.54 Å². The molecule has 0 saturated heterocycles. The summed E-state index contributed by atoms with van der Waals surface area (Å²) >= 11 is 0. The largest absolute Gasteiger partial charge is 0.380 e. The summed E-state index contributed by atoms with van der Waals surface area (Å²) in [5, 5.41) is 6.08. The minimum Gasteiger partial charge on any atom is -0.380 e. The highest BCUT2D eigenvalue weighted by molar-refractivity contribution is 5.83. The first-order valence-corrected chi connectivity index (χ1v) is 6.19. The molecule has 19 heavy (non-hydrogen) atoms. The molecule has 0 fully saturated rings. The van der Waals surface area contributed by atoms with Gasteiger partial charge in [-0.3, -0.25) is 4.79 Å². The van der Waals surface area contributed by atoms with Crippen molar-refractivity contribution in [3.8, 4) is 0 Å². The number of carbonyl (C=O) groups excluding carboxylic acids is 1. The first-order valence-electron chi connectivity index (χ1n) is 6.19. The van der Waals surface area contributed by atoms with Crippen LogP contribution in [0.4, 0.5) is 0 Å². The van der Waals surface area contributed by atoms with Crippen LogP contribution in [0.5, 0.6) is 0 Å². The fourth-order valence-corrected chi connectivity index (χ4v) is 1.76. The van der Waals surface area contributed by atoms with Crippen LogP contribution >= 0.6 is 0 Å². The molecule has 1 amide bonds. The molecule has 0 heterocycles. The van der Waals surface area contributed by atoms with Crippen LogP contribution in [-0.2, 0) is 4.79 Å². The van der Waals surface area contributed by atoms with Gasteiger partial charge in [-0.15, -0.1) is 0 Å². The van der Waals surface area contributed by atoms with Crippen LogP contribution in [0.1, 0.15) is 12.8 Å². The van der Waals surface area contributed by atoms with E-state index in [2.05, 4.69) is 36.4 Å². The van der Waals surface area contributed by atoms with Crippen LogP contribution in [0.15, 0.2) is 61.0 Å². The fourth-order valence-electron chi connectivity index (χ4n) is 1.76. The predicted molar refractivity (Wildman–Crippen MR) is 79.1 cm³/mol. The van der Waals surface area contributed by atoms with Gasteiger partial charge < -0.3 is 16.4 Å². The van der Waals surface area contributed by atoms with E-state index in [1.165, 1.54) is 0 Å². The van der Waals surface area contributed by atoms with Gasteiger partial charge in [-0.2, -0.15) is 0 Å². The number of amides is 1. The third-order valence-corrected chi connectivity index (χ3v) is 2.83. The van der Waals surface area contributed by atoms with E-state index < -0.39 is 11.9 Å². The molecule has 0 aromatic heterocycles. The Kier molecular flexibility index (Phi) is 5.67. The van der Waals surface area contributed by atoms with E-state index in [1.54, 1.807) is 6.08 Å². The zero-order chi connectivity index (χ0) is 14.3. The molecule has 1 aliphatic rings. The molecule has 0 aromatic rings. The van der Waals surface area contributed by atoms with E-state index in [1.807, 2.05) is 12.2 Å². The van der Waals surface area contributed by atoms with Gasteiger partial charge in [-0.1, -0.05) is 38.0 Å². The molecule has 4 heteroatoms. The second kappa shape index (κ2) is 7.26. The van der Waals surface area contributed by atoms with Crippen molar-refractivity contribution in [2.45, 2.75) is 18.9 Å². The zero-order valence-corrected chi connectivity index (χ0v) is 11.1. The molecule has 1 atom stereocenters. The minimum atomic E-state index is -0.503. The van der Waals surface area contributed by atoms with Gasteiger partial charge in [0, 0.05) is 11.4 Å². The lowest BCUT2D eigenvalue weighted by molar-refractivity contribution is -0.119. The molecule has 0 bridgehead atoms. The van der Waals surface area contributed by atoms with E-state index in [9.17, 15) is 4.79 Å². The maximum absolute atomic E-state index is 11.5. The van der Waals surface area contributed by atoms with Crippen LogP contribution in [0.25, 0.3) is 0 Å². The van der Waals surface area contributed by atoms with E-state index >= 15 is 0 Å². The summed E-state index contributed by atoms with van der Waals surface area (Å²) in [6.45, 7) is 11.7. The van der Waals surface area contributed by atoms with Crippen LogP contribution < -0.4 is 16.4 Å². The van der Waals surface area contributed by atoms with Gasteiger partial charge in [0.2, 0.25) is 5.91 Å². The van der Waals surface area contributed by atoms with Gasteiger partial charge in [0.1, 0.15) is 6.04 Å². The van der Waals surface area contributed by atoms with Crippen molar-refractivity contribution in [1.29, 1.82) is 0 Å². The Morgan fingerprint density at radius 2 is 2.26 bits per heavy atom. The van der Waals surface area contributed by atoms with Gasteiger partial charge in [0.05, 0.1) is 6.54 Å². The van der Waals surface area contributed by atoms with E-state index in [0.717, 1.165) is 18.4 Å². The minimum absolute atomic E-state index is 0.398. The molecule has 0 aliphatic heterocycles. The molecule has 4 nitrogen and oxygen atoms in total. The molecule has 0 unspecified atom stereocenters. The normalized spacial score (nSPS) is 15.1. The van der Waals surface area contributed by atoms with E-state index in [4.69, 9.17) is 5.73 Å². The third kappa shape index (κ3) is 4.87. The number of rotatable bonds is 8. The highest BCUT2D eigenvalue weighted by Gasteiger charge is 2.20. The Labute approximate surface area is 114 Å². The lowest BCUT2D eigenvalue weighted by atomic mass is 9.97. The summed E-state index contributed by atoms with van der Waals surface area (Å²) < 4.78 is 0. The average Bonchev–Trinajstić information content (AvgIpc) is 2.42. The highest BCUT2D eigenvalue weighted by Crippen LogP contribution is 2.16. The van der Waals surface area contributed by atoms with Crippen molar-refractivity contribution in [1.82, 2.24) is 10.6 Å². The lowest BCUT2D eigenvalue weighted by Gasteiger charge is -2.22. The van der Waals surface area contributed by atoms with Crippen molar-refractivity contribution < 1.29 is 4.79 Å². The fraction of sp³-hybridized carbons (Fsp3) is 0.267. The van der Waals surface area contributed by atoms with Crippen molar-refractivity contribution in [3.05, 3.63) is 61.0 Å². The number of hydrogen-bond donors (Lipinski definition) is 3. The van der Waals surface area contributed by atoms with Crippen LogP contribution in [0, 0.1) is 0 Å². The van der Waals surface area contributed by atoms with Crippen LogP contribution in [0.3, 0.4) is 0 Å². The van der Waals surface area contributed by atoms with Gasteiger partial charge in [-0.05, 0) is 24.5 Å². The van der Waals surface area contributed by atoms with Gasteiger partial charge in [0.15, 0.2) is 0 Å². The van der Waals surface area contributed by atoms with Crippen molar-refractivity contribution in [2.24, 2.45) is 5.73 Å². The number of allylic oxidation sites excluding steroid dienone is 4. The summed E-state index contributed by atoms with van der Waals surface area (Å²) in [4.78, 5) is 11.5. The first-order chi connectivity index (χ1) is 9.04. The summed E-state index contributed by atoms with van der Waals surface area (Å²) in [6.07, 6.45) is 9.30. The number of nitrogens with two attached hydrogens (primary N) is 1. The molecule has 102 valence electrons. The third-order valence-electron chi connectivity index (χ3n) is 2.83. The van der Waals surface area contributed by atoms with Crippen molar-refractivity contribution >= 4 is 5.91 Å². The second-order valence-corrected chi connectivity index (χ2v) is 4.37. The number of nitrogens with one attached hydrogen (secondary N) is 2. The van der Waals surface area contributed by atoms with Crippen LogP contribution in [-0.4, -0.2) is 18.5 Å². The number of hydrogen-bond acceptors (Lipinski definition) is 3. The van der Waals surface area contributed by atoms with Gasteiger partial charge in [-0.25, -0.2) is 0 Å². The highest BCUT2D eigenvalue weighted by atomic mass is 16.1. The standard InChI is InChI=1S/C15H21N3O/c1-4-11(2)17-10-12(3)18-14(15(16)19)13-8-6-5-7-9-13/h4-6,8,14,17-18H,1-3,7,9-10H2,(H2,16,19)/t14-/m0/s1. The molecule has 1 rings (SSSR count). The topological polar surface area (TPSA) is 67.2 Å². The molecule has 1 aliphatic carbocycles. The van der Waals surface area contributed by atoms with Gasteiger partial charge in [0.25, 0.3) is 0 Å². The average molecular weight is 259 g/mol. The summed E-state index contributed by atoms with van der Waals surface area (Å²) in [5.74, 6) is -0.398. The second-order valence-electron chi connectivity index (χ2n) is 4.37. The van der Waals surface area contributed by atoms with Crippen LogP contribution in [0.2, 0.25) is 0 Å². The lowest BCUT2D eigenvalue weighted by Crippen LogP contribution is -2.43. The SMILES string of the molecule is C=CC(=C)NCC(=C)N[C@H](C(N)=O)C1=CC=CCC1. The Bertz CT molecular complexity index is 446. The maximum atomic E-state index is 11.5. The molecule has 0 saturated carbocycles. The number of carbonyl (C=O) groups is 1. The first kappa shape index (κ1) is 14.8. The van der Waals surface area contributed by atoms with Gasteiger partial charge >= 0.3 is 0 Å². The smallest absolute Gasteiger partial charge is 0.244 e.